The van der Waals surface area contributed by atoms with Crippen LogP contribution in [0.3, 0.4) is 0 Å². The van der Waals surface area contributed by atoms with E-state index in [4.69, 9.17) is 9.84 Å². The zero-order valence-electron chi connectivity index (χ0n) is 11.2. The van der Waals surface area contributed by atoms with Crippen molar-refractivity contribution in [1.82, 2.24) is 9.78 Å². The summed E-state index contributed by atoms with van der Waals surface area (Å²) < 4.78 is 6.69. The standard InChI is InChI=1S/C14H16N2O3/c1-9-4-5-11(6-10(9)2)16-12(8-19-3)7-13(15-16)14(17)18/h4-7H,8H2,1-3H3,(H,17,18). The lowest BCUT2D eigenvalue weighted by molar-refractivity contribution is 0.0690. The number of carbonyl (C=O) groups is 1. The summed E-state index contributed by atoms with van der Waals surface area (Å²) in [7, 11) is 1.57. The smallest absolute Gasteiger partial charge is 0.356 e. The Kier molecular flexibility index (Phi) is 3.66. The highest BCUT2D eigenvalue weighted by molar-refractivity contribution is 5.85. The normalized spacial score (nSPS) is 10.7. The largest absolute Gasteiger partial charge is 0.476 e. The SMILES string of the molecule is COCc1cc(C(=O)O)nn1-c1ccc(C)c(C)c1. The number of benzene rings is 1. The number of aromatic nitrogens is 2. The minimum Gasteiger partial charge on any atom is -0.476 e. The van der Waals surface area contributed by atoms with E-state index in [1.54, 1.807) is 11.8 Å². The van der Waals surface area contributed by atoms with E-state index in [1.807, 2.05) is 32.0 Å². The van der Waals surface area contributed by atoms with Gasteiger partial charge in [-0.05, 0) is 43.2 Å². The van der Waals surface area contributed by atoms with E-state index < -0.39 is 5.97 Å². The van der Waals surface area contributed by atoms with Gasteiger partial charge in [0.15, 0.2) is 5.69 Å². The lowest BCUT2D eigenvalue weighted by atomic mass is 10.1. The van der Waals surface area contributed by atoms with Gasteiger partial charge in [-0.2, -0.15) is 5.10 Å². The lowest BCUT2D eigenvalue weighted by Crippen LogP contribution is -2.05. The van der Waals surface area contributed by atoms with Gasteiger partial charge in [-0.1, -0.05) is 6.07 Å². The number of methoxy groups -OCH3 is 1. The number of rotatable bonds is 4. The molecule has 1 N–H and O–H groups in total. The topological polar surface area (TPSA) is 64.3 Å². The second-order valence-electron chi connectivity index (χ2n) is 4.44. The molecular formula is C14H16N2O3. The summed E-state index contributed by atoms with van der Waals surface area (Å²) in [5.41, 5.74) is 3.88. The minimum absolute atomic E-state index is 0.0188. The number of carboxylic acid groups (broad SMARTS) is 1. The third kappa shape index (κ3) is 2.66. The number of aromatic carboxylic acids is 1. The summed E-state index contributed by atoms with van der Waals surface area (Å²) in [6.07, 6.45) is 0. The molecule has 19 heavy (non-hydrogen) atoms. The van der Waals surface area contributed by atoms with Crippen molar-refractivity contribution >= 4 is 5.97 Å². The van der Waals surface area contributed by atoms with Crippen molar-refractivity contribution in [3.05, 3.63) is 46.8 Å². The van der Waals surface area contributed by atoms with Gasteiger partial charge in [0.1, 0.15) is 0 Å². The number of hydrogen-bond donors (Lipinski definition) is 1. The van der Waals surface area contributed by atoms with Gasteiger partial charge in [0.05, 0.1) is 18.0 Å². The fourth-order valence-electron chi connectivity index (χ4n) is 1.86. The van der Waals surface area contributed by atoms with E-state index in [9.17, 15) is 4.79 Å². The summed E-state index contributed by atoms with van der Waals surface area (Å²) in [5.74, 6) is -1.04. The molecule has 0 aliphatic heterocycles. The lowest BCUT2D eigenvalue weighted by Gasteiger charge is -2.08. The van der Waals surface area contributed by atoms with Gasteiger partial charge in [0, 0.05) is 7.11 Å². The van der Waals surface area contributed by atoms with Crippen molar-refractivity contribution in [3.8, 4) is 5.69 Å². The van der Waals surface area contributed by atoms with Crippen LogP contribution in [0.2, 0.25) is 0 Å². The molecule has 2 rings (SSSR count). The predicted octanol–water partition coefficient (Wildman–Crippen LogP) is 2.33. The first kappa shape index (κ1) is 13.3. The third-order valence-corrected chi connectivity index (χ3v) is 3.03. The number of hydrogen-bond acceptors (Lipinski definition) is 3. The number of ether oxygens (including phenoxy) is 1. The average Bonchev–Trinajstić information content (AvgIpc) is 2.77. The molecule has 0 bridgehead atoms. The molecular weight excluding hydrogens is 244 g/mol. The Labute approximate surface area is 111 Å². The second-order valence-corrected chi connectivity index (χ2v) is 4.44. The molecule has 0 aliphatic carbocycles. The van der Waals surface area contributed by atoms with Gasteiger partial charge in [0.2, 0.25) is 0 Å². The van der Waals surface area contributed by atoms with Crippen molar-refractivity contribution in [1.29, 1.82) is 0 Å². The van der Waals surface area contributed by atoms with Crippen LogP contribution in [0.25, 0.3) is 5.69 Å². The summed E-state index contributed by atoms with van der Waals surface area (Å²) in [5, 5.41) is 13.1. The molecule has 100 valence electrons. The van der Waals surface area contributed by atoms with Crippen molar-refractivity contribution in [2.45, 2.75) is 20.5 Å². The average molecular weight is 260 g/mol. The molecule has 5 heteroatoms. The van der Waals surface area contributed by atoms with E-state index >= 15 is 0 Å². The third-order valence-electron chi connectivity index (χ3n) is 3.03. The van der Waals surface area contributed by atoms with Crippen LogP contribution in [0.1, 0.15) is 27.3 Å². The number of nitrogens with zero attached hydrogens (tertiary/aromatic N) is 2. The Balaban J connectivity index is 2.52. The summed E-state index contributed by atoms with van der Waals surface area (Å²) >= 11 is 0. The second kappa shape index (κ2) is 5.24. The highest BCUT2D eigenvalue weighted by Gasteiger charge is 2.14. The van der Waals surface area contributed by atoms with Gasteiger partial charge < -0.3 is 9.84 Å². The van der Waals surface area contributed by atoms with E-state index in [2.05, 4.69) is 5.10 Å². The zero-order valence-corrected chi connectivity index (χ0v) is 11.2. The minimum atomic E-state index is -1.04. The molecule has 0 radical (unpaired) electrons. The molecule has 0 unspecified atom stereocenters. The Bertz CT molecular complexity index is 617. The highest BCUT2D eigenvalue weighted by atomic mass is 16.5. The van der Waals surface area contributed by atoms with Crippen LogP contribution in [0.5, 0.6) is 0 Å². The maximum atomic E-state index is 11.0. The van der Waals surface area contributed by atoms with Gasteiger partial charge in [-0.3, -0.25) is 0 Å². The van der Waals surface area contributed by atoms with Gasteiger partial charge in [-0.25, -0.2) is 9.48 Å². The molecule has 1 heterocycles. The molecule has 0 spiro atoms. The van der Waals surface area contributed by atoms with Crippen LogP contribution in [-0.4, -0.2) is 28.0 Å². The monoisotopic (exact) mass is 260 g/mol. The first-order chi connectivity index (χ1) is 9.02. The van der Waals surface area contributed by atoms with Crippen molar-refractivity contribution in [2.75, 3.05) is 7.11 Å². The van der Waals surface area contributed by atoms with Crippen LogP contribution in [-0.2, 0) is 11.3 Å². The van der Waals surface area contributed by atoms with Crippen LogP contribution >= 0.6 is 0 Å². The fourth-order valence-corrected chi connectivity index (χ4v) is 1.86. The molecule has 0 saturated carbocycles. The Hall–Kier alpha value is -2.14. The quantitative estimate of drug-likeness (QED) is 0.916. The fraction of sp³-hybridized carbons (Fsp3) is 0.286. The molecule has 1 aromatic carbocycles. The molecule has 0 fully saturated rings. The van der Waals surface area contributed by atoms with Gasteiger partial charge in [-0.15, -0.1) is 0 Å². The van der Waals surface area contributed by atoms with E-state index in [-0.39, 0.29) is 5.69 Å². The molecule has 5 nitrogen and oxygen atoms in total. The van der Waals surface area contributed by atoms with Crippen molar-refractivity contribution in [2.24, 2.45) is 0 Å². The molecule has 0 aliphatic rings. The van der Waals surface area contributed by atoms with Crippen LogP contribution in [0, 0.1) is 13.8 Å². The molecule has 0 amide bonds. The Morgan fingerprint density at radius 1 is 1.32 bits per heavy atom. The van der Waals surface area contributed by atoms with Gasteiger partial charge in [0.25, 0.3) is 0 Å². The van der Waals surface area contributed by atoms with Gasteiger partial charge >= 0.3 is 5.97 Å². The van der Waals surface area contributed by atoms with Crippen LogP contribution in [0.15, 0.2) is 24.3 Å². The van der Waals surface area contributed by atoms with E-state index in [0.29, 0.717) is 12.3 Å². The van der Waals surface area contributed by atoms with Crippen LogP contribution < -0.4 is 0 Å². The molecule has 0 atom stereocenters. The zero-order chi connectivity index (χ0) is 14.0. The summed E-state index contributed by atoms with van der Waals surface area (Å²) in [4.78, 5) is 11.0. The highest BCUT2D eigenvalue weighted by Crippen LogP contribution is 2.17. The maximum absolute atomic E-state index is 11.0. The van der Waals surface area contributed by atoms with Crippen molar-refractivity contribution in [3.63, 3.8) is 0 Å². The van der Waals surface area contributed by atoms with E-state index in [0.717, 1.165) is 11.3 Å². The summed E-state index contributed by atoms with van der Waals surface area (Å²) in [6.45, 7) is 4.35. The molecule has 0 saturated heterocycles. The number of carboxylic acids is 1. The summed E-state index contributed by atoms with van der Waals surface area (Å²) in [6, 6.07) is 7.41. The van der Waals surface area contributed by atoms with E-state index in [1.165, 1.54) is 11.6 Å². The first-order valence-electron chi connectivity index (χ1n) is 5.91. The van der Waals surface area contributed by atoms with Crippen LogP contribution in [0.4, 0.5) is 0 Å². The Morgan fingerprint density at radius 2 is 2.05 bits per heavy atom. The maximum Gasteiger partial charge on any atom is 0.356 e. The molecule has 2 aromatic rings. The predicted molar refractivity (Wildman–Crippen MR) is 70.7 cm³/mol. The van der Waals surface area contributed by atoms with Crippen molar-refractivity contribution < 1.29 is 14.6 Å². The molecule has 1 aromatic heterocycles. The first-order valence-corrected chi connectivity index (χ1v) is 5.91. The number of aryl methyl sites for hydroxylation is 2. The Morgan fingerprint density at radius 3 is 2.63 bits per heavy atom.